The Labute approximate surface area is 142 Å². The standard InChI is InChI=1S/C18H22N3O2S/c1-21(2,3)13-16-18(19-17-7-5-6-12-20(16)17)14-8-10-15(11-9-14)24(4,22)23/h5-12H,13H2,1-4H3/q+1. The van der Waals surface area contributed by atoms with Crippen molar-refractivity contribution in [3.05, 3.63) is 54.4 Å². The number of imidazole rings is 1. The Hall–Kier alpha value is -2.18. The molecule has 0 aliphatic rings. The van der Waals surface area contributed by atoms with E-state index in [2.05, 4.69) is 25.5 Å². The van der Waals surface area contributed by atoms with Crippen molar-refractivity contribution in [3.8, 4) is 11.3 Å². The van der Waals surface area contributed by atoms with Gasteiger partial charge in [-0.15, -0.1) is 0 Å². The van der Waals surface area contributed by atoms with Crippen molar-refractivity contribution in [1.29, 1.82) is 0 Å². The van der Waals surface area contributed by atoms with Gasteiger partial charge in [0.1, 0.15) is 17.9 Å². The van der Waals surface area contributed by atoms with Gasteiger partial charge in [-0.05, 0) is 24.3 Å². The van der Waals surface area contributed by atoms with Crippen LogP contribution < -0.4 is 0 Å². The van der Waals surface area contributed by atoms with E-state index in [9.17, 15) is 8.42 Å². The number of rotatable bonds is 4. The third kappa shape index (κ3) is 3.34. The van der Waals surface area contributed by atoms with Gasteiger partial charge < -0.3 is 4.48 Å². The van der Waals surface area contributed by atoms with E-state index in [-0.39, 0.29) is 0 Å². The summed E-state index contributed by atoms with van der Waals surface area (Å²) in [5.74, 6) is 0. The van der Waals surface area contributed by atoms with Crippen molar-refractivity contribution in [2.24, 2.45) is 0 Å². The molecule has 2 heterocycles. The minimum Gasteiger partial charge on any atom is -0.326 e. The maximum Gasteiger partial charge on any atom is 0.175 e. The van der Waals surface area contributed by atoms with E-state index in [4.69, 9.17) is 4.98 Å². The van der Waals surface area contributed by atoms with E-state index in [0.29, 0.717) is 4.90 Å². The van der Waals surface area contributed by atoms with Gasteiger partial charge in [0.2, 0.25) is 0 Å². The molecule has 0 aliphatic heterocycles. The fourth-order valence-electron chi connectivity index (χ4n) is 2.74. The number of hydrogen-bond acceptors (Lipinski definition) is 3. The molecule has 24 heavy (non-hydrogen) atoms. The summed E-state index contributed by atoms with van der Waals surface area (Å²) in [7, 11) is 3.22. The molecular weight excluding hydrogens is 322 g/mol. The lowest BCUT2D eigenvalue weighted by Gasteiger charge is -2.24. The summed E-state index contributed by atoms with van der Waals surface area (Å²) in [5.41, 5.74) is 3.83. The van der Waals surface area contributed by atoms with Crippen LogP contribution in [0.25, 0.3) is 16.9 Å². The van der Waals surface area contributed by atoms with E-state index < -0.39 is 9.84 Å². The number of fused-ring (bicyclic) bond motifs is 1. The quantitative estimate of drug-likeness (QED) is 0.684. The molecule has 6 heteroatoms. The Balaban J connectivity index is 2.16. The third-order valence-electron chi connectivity index (χ3n) is 3.81. The minimum absolute atomic E-state index is 0.322. The van der Waals surface area contributed by atoms with Crippen molar-refractivity contribution < 1.29 is 12.9 Å². The monoisotopic (exact) mass is 344 g/mol. The van der Waals surface area contributed by atoms with Crippen LogP contribution in [-0.2, 0) is 16.4 Å². The summed E-state index contributed by atoms with van der Waals surface area (Å²) < 4.78 is 26.2. The number of pyridine rings is 1. The molecule has 0 atom stereocenters. The highest BCUT2D eigenvalue weighted by Crippen LogP contribution is 2.27. The highest BCUT2D eigenvalue weighted by molar-refractivity contribution is 7.90. The van der Waals surface area contributed by atoms with Crippen LogP contribution in [0.2, 0.25) is 0 Å². The van der Waals surface area contributed by atoms with E-state index in [1.54, 1.807) is 12.1 Å². The van der Waals surface area contributed by atoms with Crippen LogP contribution in [0.3, 0.4) is 0 Å². The van der Waals surface area contributed by atoms with Crippen molar-refractivity contribution in [3.63, 3.8) is 0 Å². The second-order valence-electron chi connectivity index (χ2n) is 7.08. The van der Waals surface area contributed by atoms with Gasteiger partial charge in [0, 0.05) is 18.0 Å². The molecule has 0 radical (unpaired) electrons. The molecule has 2 aromatic heterocycles. The van der Waals surface area contributed by atoms with Gasteiger partial charge in [0.15, 0.2) is 9.84 Å². The molecule has 0 aliphatic carbocycles. The van der Waals surface area contributed by atoms with E-state index >= 15 is 0 Å². The molecule has 0 bridgehead atoms. The van der Waals surface area contributed by atoms with Gasteiger partial charge in [0.25, 0.3) is 0 Å². The largest absolute Gasteiger partial charge is 0.326 e. The average molecular weight is 344 g/mol. The third-order valence-corrected chi connectivity index (χ3v) is 4.94. The van der Waals surface area contributed by atoms with Crippen LogP contribution >= 0.6 is 0 Å². The van der Waals surface area contributed by atoms with Gasteiger partial charge in [-0.1, -0.05) is 18.2 Å². The molecule has 0 N–H and O–H groups in total. The summed E-state index contributed by atoms with van der Waals surface area (Å²) in [6.07, 6.45) is 3.23. The van der Waals surface area contributed by atoms with Crippen LogP contribution in [0.15, 0.2) is 53.6 Å². The first-order valence-electron chi connectivity index (χ1n) is 7.72. The van der Waals surface area contributed by atoms with E-state index in [0.717, 1.165) is 33.6 Å². The first-order valence-corrected chi connectivity index (χ1v) is 9.61. The Morgan fingerprint density at radius 3 is 2.29 bits per heavy atom. The highest BCUT2D eigenvalue weighted by Gasteiger charge is 2.20. The number of hydrogen-bond donors (Lipinski definition) is 0. The topological polar surface area (TPSA) is 51.4 Å². The zero-order valence-electron chi connectivity index (χ0n) is 14.4. The van der Waals surface area contributed by atoms with Gasteiger partial charge in [0.05, 0.1) is 31.7 Å². The second-order valence-corrected chi connectivity index (χ2v) is 9.10. The summed E-state index contributed by atoms with van der Waals surface area (Å²) in [5, 5.41) is 0. The molecule has 0 unspecified atom stereocenters. The van der Waals surface area contributed by atoms with Gasteiger partial charge in [-0.25, -0.2) is 13.4 Å². The second kappa shape index (κ2) is 5.72. The molecule has 0 fully saturated rings. The van der Waals surface area contributed by atoms with Gasteiger partial charge in [-0.2, -0.15) is 0 Å². The Morgan fingerprint density at radius 1 is 1.04 bits per heavy atom. The van der Waals surface area contributed by atoms with Crippen molar-refractivity contribution in [2.45, 2.75) is 11.4 Å². The molecular formula is C18H22N3O2S+. The lowest BCUT2D eigenvalue weighted by molar-refractivity contribution is -0.884. The van der Waals surface area contributed by atoms with Gasteiger partial charge >= 0.3 is 0 Å². The zero-order valence-corrected chi connectivity index (χ0v) is 15.2. The predicted octanol–water partition coefficient (Wildman–Crippen LogP) is 2.61. The smallest absolute Gasteiger partial charge is 0.175 e. The van der Waals surface area contributed by atoms with Crippen molar-refractivity contribution in [2.75, 3.05) is 27.4 Å². The SMILES string of the molecule is C[N+](C)(C)Cc1c(-c2ccc(S(C)(=O)=O)cc2)nc2ccccn12. The molecule has 126 valence electrons. The first-order chi connectivity index (χ1) is 11.1. The summed E-state index contributed by atoms with van der Waals surface area (Å²) >= 11 is 0. The lowest BCUT2D eigenvalue weighted by atomic mass is 10.1. The van der Waals surface area contributed by atoms with Crippen LogP contribution in [0.5, 0.6) is 0 Å². The maximum atomic E-state index is 11.7. The maximum absolute atomic E-state index is 11.7. The molecule has 0 saturated heterocycles. The van der Waals surface area contributed by atoms with Gasteiger partial charge in [-0.3, -0.25) is 4.40 Å². The number of nitrogens with zero attached hydrogens (tertiary/aromatic N) is 3. The Morgan fingerprint density at radius 2 is 1.71 bits per heavy atom. The molecule has 0 amide bonds. The fraction of sp³-hybridized carbons (Fsp3) is 0.278. The molecule has 1 aromatic carbocycles. The molecule has 0 spiro atoms. The van der Waals surface area contributed by atoms with Crippen LogP contribution in [-0.4, -0.2) is 49.7 Å². The van der Waals surface area contributed by atoms with Crippen molar-refractivity contribution >= 4 is 15.5 Å². The summed E-state index contributed by atoms with van der Waals surface area (Å²) in [6, 6.07) is 12.9. The minimum atomic E-state index is -3.19. The van der Waals surface area contributed by atoms with Crippen LogP contribution in [0.4, 0.5) is 0 Å². The highest BCUT2D eigenvalue weighted by atomic mass is 32.2. The molecule has 5 nitrogen and oxygen atoms in total. The van der Waals surface area contributed by atoms with Crippen LogP contribution in [0.1, 0.15) is 5.69 Å². The lowest BCUT2D eigenvalue weighted by Crippen LogP contribution is -2.34. The zero-order chi connectivity index (χ0) is 17.5. The summed E-state index contributed by atoms with van der Waals surface area (Å²) in [4.78, 5) is 5.08. The predicted molar refractivity (Wildman–Crippen MR) is 95.5 cm³/mol. The summed E-state index contributed by atoms with van der Waals surface area (Å²) in [6.45, 7) is 0.814. The van der Waals surface area contributed by atoms with Crippen LogP contribution in [0, 0.1) is 0 Å². The fourth-order valence-corrected chi connectivity index (χ4v) is 3.37. The normalized spacial score (nSPS) is 12.7. The van der Waals surface area contributed by atoms with E-state index in [1.165, 1.54) is 6.26 Å². The van der Waals surface area contributed by atoms with Crippen molar-refractivity contribution in [1.82, 2.24) is 9.38 Å². The molecule has 3 rings (SSSR count). The number of aromatic nitrogens is 2. The Bertz CT molecular complexity index is 981. The average Bonchev–Trinajstić information content (AvgIpc) is 2.84. The Kier molecular flexibility index (Phi) is 3.97. The number of benzene rings is 1. The first kappa shape index (κ1) is 16.7. The number of sulfone groups is 1. The molecule has 3 aromatic rings. The van der Waals surface area contributed by atoms with E-state index in [1.807, 2.05) is 36.5 Å². The molecule has 0 saturated carbocycles. The number of quaternary nitrogens is 1.